The molecule has 1 saturated carbocycles. The number of nitrogens with zero attached hydrogens (tertiary/aromatic N) is 2. The number of rotatable bonds is 5. The van der Waals surface area contributed by atoms with E-state index in [0.29, 0.717) is 12.0 Å². The molecule has 4 nitrogen and oxygen atoms in total. The molecule has 2 rings (SSSR count). The molecule has 2 fully saturated rings. The van der Waals surface area contributed by atoms with E-state index in [1.807, 2.05) is 0 Å². The molecule has 1 saturated heterocycles. The van der Waals surface area contributed by atoms with Crippen LogP contribution in [0.25, 0.3) is 0 Å². The van der Waals surface area contributed by atoms with Crippen LogP contribution in [-0.4, -0.2) is 60.1 Å². The highest BCUT2D eigenvalue weighted by Gasteiger charge is 2.44. The zero-order chi connectivity index (χ0) is 13.1. The molecule has 2 aliphatic rings. The van der Waals surface area contributed by atoms with Crippen molar-refractivity contribution < 1.29 is 9.90 Å². The first-order valence-electron chi connectivity index (χ1n) is 7.23. The number of carbonyl (C=O) groups is 1. The van der Waals surface area contributed by atoms with Crippen LogP contribution in [-0.2, 0) is 4.79 Å². The van der Waals surface area contributed by atoms with Gasteiger partial charge in [0.1, 0.15) is 6.04 Å². The van der Waals surface area contributed by atoms with Gasteiger partial charge in [-0.05, 0) is 52.2 Å². The zero-order valence-electron chi connectivity index (χ0n) is 11.6. The molecule has 3 atom stereocenters. The van der Waals surface area contributed by atoms with Gasteiger partial charge >= 0.3 is 5.97 Å². The SMILES string of the molecule is CN(C)CCCN1C(C(=O)O)CC2CCCCC21. The zero-order valence-corrected chi connectivity index (χ0v) is 11.6. The number of hydrogen-bond donors (Lipinski definition) is 1. The van der Waals surface area contributed by atoms with Gasteiger partial charge in [-0.25, -0.2) is 0 Å². The molecule has 0 aromatic rings. The number of hydrogen-bond acceptors (Lipinski definition) is 3. The molecule has 1 N–H and O–H groups in total. The molecule has 0 radical (unpaired) electrons. The van der Waals surface area contributed by atoms with Crippen molar-refractivity contribution in [3.8, 4) is 0 Å². The van der Waals surface area contributed by atoms with E-state index in [1.165, 1.54) is 25.7 Å². The summed E-state index contributed by atoms with van der Waals surface area (Å²) in [5.74, 6) is 0.0217. The van der Waals surface area contributed by atoms with Gasteiger partial charge in [-0.1, -0.05) is 12.8 Å². The van der Waals surface area contributed by atoms with Crippen LogP contribution in [0.4, 0.5) is 0 Å². The monoisotopic (exact) mass is 254 g/mol. The van der Waals surface area contributed by atoms with Crippen molar-refractivity contribution >= 4 is 5.97 Å². The average Bonchev–Trinajstić information content (AvgIpc) is 2.68. The number of likely N-dealkylation sites (tertiary alicyclic amines) is 1. The Labute approximate surface area is 110 Å². The Morgan fingerprint density at radius 3 is 2.72 bits per heavy atom. The van der Waals surface area contributed by atoms with Crippen LogP contribution in [0.3, 0.4) is 0 Å². The van der Waals surface area contributed by atoms with Gasteiger partial charge in [0.15, 0.2) is 0 Å². The summed E-state index contributed by atoms with van der Waals surface area (Å²) >= 11 is 0. The maximum Gasteiger partial charge on any atom is 0.320 e. The molecule has 4 heteroatoms. The first-order valence-corrected chi connectivity index (χ1v) is 7.23. The van der Waals surface area contributed by atoms with E-state index < -0.39 is 5.97 Å². The molecule has 1 aliphatic heterocycles. The van der Waals surface area contributed by atoms with E-state index in [-0.39, 0.29) is 6.04 Å². The van der Waals surface area contributed by atoms with Gasteiger partial charge in [0.05, 0.1) is 0 Å². The summed E-state index contributed by atoms with van der Waals surface area (Å²) < 4.78 is 0. The fraction of sp³-hybridized carbons (Fsp3) is 0.929. The maximum absolute atomic E-state index is 11.4. The van der Waals surface area contributed by atoms with Crippen LogP contribution in [0.1, 0.15) is 38.5 Å². The van der Waals surface area contributed by atoms with Crippen molar-refractivity contribution in [2.45, 2.75) is 50.6 Å². The van der Waals surface area contributed by atoms with Crippen LogP contribution >= 0.6 is 0 Å². The van der Waals surface area contributed by atoms with Crippen LogP contribution in [0, 0.1) is 5.92 Å². The van der Waals surface area contributed by atoms with E-state index in [2.05, 4.69) is 23.9 Å². The van der Waals surface area contributed by atoms with E-state index in [1.54, 1.807) is 0 Å². The predicted molar refractivity (Wildman–Crippen MR) is 71.7 cm³/mol. The van der Waals surface area contributed by atoms with Gasteiger partial charge in [-0.3, -0.25) is 9.69 Å². The van der Waals surface area contributed by atoms with Crippen LogP contribution in [0.15, 0.2) is 0 Å². The maximum atomic E-state index is 11.4. The highest BCUT2D eigenvalue weighted by molar-refractivity contribution is 5.74. The van der Waals surface area contributed by atoms with Crippen LogP contribution in [0.5, 0.6) is 0 Å². The molecular weight excluding hydrogens is 228 g/mol. The first kappa shape index (κ1) is 13.8. The topological polar surface area (TPSA) is 43.8 Å². The Morgan fingerprint density at radius 2 is 2.06 bits per heavy atom. The molecule has 104 valence electrons. The largest absolute Gasteiger partial charge is 0.480 e. The van der Waals surface area contributed by atoms with Crippen molar-refractivity contribution in [3.63, 3.8) is 0 Å². The molecule has 0 bridgehead atoms. The number of aliphatic carboxylic acids is 1. The molecular formula is C14H26N2O2. The van der Waals surface area contributed by atoms with Crippen LogP contribution in [0.2, 0.25) is 0 Å². The molecule has 18 heavy (non-hydrogen) atoms. The fourth-order valence-electron chi connectivity index (χ4n) is 3.69. The Kier molecular flexibility index (Phi) is 4.62. The van der Waals surface area contributed by atoms with Gasteiger partial charge in [-0.15, -0.1) is 0 Å². The lowest BCUT2D eigenvalue weighted by Crippen LogP contribution is -2.43. The summed E-state index contributed by atoms with van der Waals surface area (Å²) in [6, 6.07) is 0.322. The minimum atomic E-state index is -0.616. The molecule has 3 unspecified atom stereocenters. The van der Waals surface area contributed by atoms with Gasteiger partial charge < -0.3 is 10.0 Å². The average molecular weight is 254 g/mol. The highest BCUT2D eigenvalue weighted by atomic mass is 16.4. The lowest BCUT2D eigenvalue weighted by molar-refractivity contribution is -0.142. The Morgan fingerprint density at radius 1 is 1.33 bits per heavy atom. The third-order valence-electron chi connectivity index (χ3n) is 4.53. The summed E-state index contributed by atoms with van der Waals surface area (Å²) in [6.07, 6.45) is 6.95. The smallest absolute Gasteiger partial charge is 0.320 e. The number of fused-ring (bicyclic) bond motifs is 1. The van der Waals surface area contributed by atoms with Crippen molar-refractivity contribution in [3.05, 3.63) is 0 Å². The predicted octanol–water partition coefficient (Wildman–Crippen LogP) is 1.66. The molecule has 0 amide bonds. The standard InChI is InChI=1S/C14H26N2O2/c1-15(2)8-5-9-16-12-7-4-3-6-11(12)10-13(16)14(17)18/h11-13H,3-10H2,1-2H3,(H,17,18). The van der Waals surface area contributed by atoms with E-state index in [9.17, 15) is 9.90 Å². The van der Waals surface area contributed by atoms with Gasteiger partial charge in [-0.2, -0.15) is 0 Å². The molecule has 1 aliphatic carbocycles. The summed E-state index contributed by atoms with van der Waals surface area (Å²) in [4.78, 5) is 15.9. The van der Waals surface area contributed by atoms with Crippen LogP contribution < -0.4 is 0 Å². The summed E-state index contributed by atoms with van der Waals surface area (Å²) in [5, 5.41) is 9.39. The van der Waals surface area contributed by atoms with E-state index in [4.69, 9.17) is 0 Å². The van der Waals surface area contributed by atoms with Gasteiger partial charge in [0.25, 0.3) is 0 Å². The molecule has 0 aromatic carbocycles. The summed E-state index contributed by atoms with van der Waals surface area (Å²) in [5.41, 5.74) is 0. The fourth-order valence-corrected chi connectivity index (χ4v) is 3.69. The number of carboxylic acid groups (broad SMARTS) is 1. The quantitative estimate of drug-likeness (QED) is 0.810. The lowest BCUT2D eigenvalue weighted by Gasteiger charge is -2.33. The Balaban J connectivity index is 1.95. The minimum Gasteiger partial charge on any atom is -0.480 e. The third-order valence-corrected chi connectivity index (χ3v) is 4.53. The van der Waals surface area contributed by atoms with Crippen molar-refractivity contribution in [1.82, 2.24) is 9.80 Å². The van der Waals surface area contributed by atoms with Gasteiger partial charge in [0.2, 0.25) is 0 Å². The summed E-state index contributed by atoms with van der Waals surface area (Å²) in [7, 11) is 4.14. The van der Waals surface area contributed by atoms with Gasteiger partial charge in [0, 0.05) is 12.6 Å². The van der Waals surface area contributed by atoms with Crippen molar-refractivity contribution in [2.75, 3.05) is 27.2 Å². The molecule has 1 heterocycles. The van der Waals surface area contributed by atoms with E-state index in [0.717, 1.165) is 25.9 Å². The second-order valence-corrected chi connectivity index (χ2v) is 6.10. The molecule has 0 aromatic heterocycles. The highest BCUT2D eigenvalue weighted by Crippen LogP contribution is 2.39. The second kappa shape index (κ2) is 6.02. The Bertz CT molecular complexity index is 294. The minimum absolute atomic E-state index is 0.222. The summed E-state index contributed by atoms with van der Waals surface area (Å²) in [6.45, 7) is 1.98. The van der Waals surface area contributed by atoms with Crippen molar-refractivity contribution in [1.29, 1.82) is 0 Å². The number of carboxylic acids is 1. The molecule has 0 spiro atoms. The van der Waals surface area contributed by atoms with Crippen molar-refractivity contribution in [2.24, 2.45) is 5.92 Å². The third kappa shape index (κ3) is 3.04. The first-order chi connectivity index (χ1) is 8.59. The van der Waals surface area contributed by atoms with E-state index >= 15 is 0 Å². The second-order valence-electron chi connectivity index (χ2n) is 6.10. The lowest BCUT2D eigenvalue weighted by atomic mass is 9.85. The Hall–Kier alpha value is -0.610. The normalized spacial score (nSPS) is 32.7.